The van der Waals surface area contributed by atoms with Crippen LogP contribution in [0.5, 0.6) is 0 Å². The molecule has 4 rings (SSSR count). The lowest BCUT2D eigenvalue weighted by molar-refractivity contribution is -0.192. The van der Waals surface area contributed by atoms with Gasteiger partial charge >= 0.3 is 12.1 Å². The number of ether oxygens (including phenoxy) is 3. The number of halogens is 3. The van der Waals surface area contributed by atoms with E-state index in [-0.39, 0.29) is 0 Å². The van der Waals surface area contributed by atoms with Crippen LogP contribution in [0.3, 0.4) is 0 Å². The maximum absolute atomic E-state index is 10.6. The summed E-state index contributed by atoms with van der Waals surface area (Å²) >= 11 is 1.66. The molecule has 1 aliphatic carbocycles. The van der Waals surface area contributed by atoms with Gasteiger partial charge in [-0.3, -0.25) is 4.90 Å². The fraction of sp³-hybridized carbons (Fsp3) is 0.789. The first kappa shape index (κ1) is 23.4. The van der Waals surface area contributed by atoms with Gasteiger partial charge in [0.15, 0.2) is 0 Å². The first-order valence-electron chi connectivity index (χ1n) is 10.0. The highest BCUT2D eigenvalue weighted by Crippen LogP contribution is 2.35. The average molecular weight is 452 g/mol. The van der Waals surface area contributed by atoms with Crippen molar-refractivity contribution >= 4 is 17.3 Å². The molecule has 2 saturated heterocycles. The Labute approximate surface area is 177 Å². The summed E-state index contributed by atoms with van der Waals surface area (Å²) in [5.41, 5.74) is 0. The Morgan fingerprint density at radius 1 is 1.33 bits per heavy atom. The number of alkyl halides is 3. The Balaban J connectivity index is 0.000000318. The second-order valence-electron chi connectivity index (χ2n) is 7.71. The molecule has 3 fully saturated rings. The summed E-state index contributed by atoms with van der Waals surface area (Å²) in [6, 6.07) is 0.581. The largest absolute Gasteiger partial charge is 0.490 e. The molecule has 1 saturated carbocycles. The van der Waals surface area contributed by atoms with Gasteiger partial charge in [0.05, 0.1) is 32.5 Å². The quantitative estimate of drug-likeness (QED) is 0.711. The zero-order valence-corrected chi connectivity index (χ0v) is 17.4. The number of aliphatic carboxylic acids is 1. The molecule has 3 heterocycles. The van der Waals surface area contributed by atoms with Gasteiger partial charge in [0, 0.05) is 43.2 Å². The minimum absolute atomic E-state index is 0.349. The fourth-order valence-corrected chi connectivity index (χ4v) is 4.77. The summed E-state index contributed by atoms with van der Waals surface area (Å²) in [4.78, 5) is 15.8. The van der Waals surface area contributed by atoms with E-state index in [0.717, 1.165) is 38.0 Å². The normalized spacial score (nSPS) is 29.3. The number of morpholine rings is 1. The van der Waals surface area contributed by atoms with Crippen molar-refractivity contribution in [3.63, 3.8) is 0 Å². The van der Waals surface area contributed by atoms with E-state index in [0.29, 0.717) is 30.6 Å². The highest BCUT2D eigenvalue weighted by molar-refractivity contribution is 7.09. The molecule has 0 radical (unpaired) electrons. The van der Waals surface area contributed by atoms with Crippen molar-refractivity contribution in [2.75, 3.05) is 39.5 Å². The first-order chi connectivity index (χ1) is 14.3. The lowest BCUT2D eigenvalue weighted by Gasteiger charge is -2.40. The van der Waals surface area contributed by atoms with E-state index >= 15 is 0 Å². The summed E-state index contributed by atoms with van der Waals surface area (Å²) in [5.74, 6) is -1.51. The molecule has 3 aliphatic rings. The lowest BCUT2D eigenvalue weighted by atomic mass is 10.0. The van der Waals surface area contributed by atoms with E-state index in [1.807, 2.05) is 11.6 Å². The van der Waals surface area contributed by atoms with Crippen LogP contribution >= 0.6 is 11.3 Å². The van der Waals surface area contributed by atoms with Gasteiger partial charge in [-0.05, 0) is 25.2 Å². The van der Waals surface area contributed by atoms with Gasteiger partial charge in [-0.15, -0.1) is 11.3 Å². The molecule has 0 amide bonds. The van der Waals surface area contributed by atoms with Crippen LogP contribution < -0.4 is 0 Å². The van der Waals surface area contributed by atoms with Crippen molar-refractivity contribution < 1.29 is 37.3 Å². The molecule has 4 unspecified atom stereocenters. The highest BCUT2D eigenvalue weighted by atomic mass is 32.1. The van der Waals surface area contributed by atoms with E-state index in [1.54, 1.807) is 11.3 Å². The van der Waals surface area contributed by atoms with E-state index in [4.69, 9.17) is 24.1 Å². The third-order valence-electron chi connectivity index (χ3n) is 5.64. The summed E-state index contributed by atoms with van der Waals surface area (Å²) in [6.07, 6.45) is 0.773. The monoisotopic (exact) mass is 452 g/mol. The van der Waals surface area contributed by atoms with Crippen LogP contribution in [0.25, 0.3) is 0 Å². The molecule has 30 heavy (non-hydrogen) atoms. The Morgan fingerprint density at radius 2 is 2.13 bits per heavy atom. The van der Waals surface area contributed by atoms with Crippen LogP contribution in [0, 0.1) is 11.8 Å². The summed E-state index contributed by atoms with van der Waals surface area (Å²) in [5, 5.41) is 10.2. The molecule has 4 atom stereocenters. The van der Waals surface area contributed by atoms with Gasteiger partial charge in [0.25, 0.3) is 0 Å². The van der Waals surface area contributed by atoms with E-state index in [9.17, 15) is 13.2 Å². The number of fused-ring (bicyclic) bond motifs is 1. The predicted octanol–water partition coefficient (Wildman–Crippen LogP) is 2.81. The number of carbonyl (C=O) groups is 1. The van der Waals surface area contributed by atoms with Crippen LogP contribution in [0.15, 0.2) is 11.6 Å². The third kappa shape index (κ3) is 6.61. The number of rotatable bonds is 6. The smallest absolute Gasteiger partial charge is 0.475 e. The van der Waals surface area contributed by atoms with E-state index < -0.39 is 12.1 Å². The van der Waals surface area contributed by atoms with Gasteiger partial charge < -0.3 is 19.3 Å². The van der Waals surface area contributed by atoms with Crippen LogP contribution in [0.4, 0.5) is 13.2 Å². The number of carboxylic acid groups (broad SMARTS) is 1. The molecule has 1 aromatic heterocycles. The van der Waals surface area contributed by atoms with Crippen molar-refractivity contribution in [1.29, 1.82) is 0 Å². The Hall–Kier alpha value is -1.27. The van der Waals surface area contributed by atoms with Crippen molar-refractivity contribution in [2.45, 2.75) is 44.2 Å². The highest BCUT2D eigenvalue weighted by Gasteiger charge is 2.43. The molecular formula is C19H27F3N2O5S. The van der Waals surface area contributed by atoms with Gasteiger partial charge in [-0.1, -0.05) is 0 Å². The fourth-order valence-electron chi connectivity index (χ4n) is 4.22. The average Bonchev–Trinajstić information content (AvgIpc) is 3.44. The maximum atomic E-state index is 10.6. The zero-order chi connectivity index (χ0) is 21.6. The first-order valence-corrected chi connectivity index (χ1v) is 10.9. The molecule has 170 valence electrons. The Bertz CT molecular complexity index is 655. The molecule has 7 nitrogen and oxygen atoms in total. The summed E-state index contributed by atoms with van der Waals surface area (Å²) in [6.45, 7) is 6.42. The Kier molecular flexibility index (Phi) is 8.46. The number of hydrogen-bond acceptors (Lipinski definition) is 7. The van der Waals surface area contributed by atoms with Crippen LogP contribution in [0.2, 0.25) is 0 Å². The van der Waals surface area contributed by atoms with E-state index in [2.05, 4.69) is 9.88 Å². The van der Waals surface area contributed by atoms with Gasteiger partial charge in [-0.25, -0.2) is 9.78 Å². The zero-order valence-electron chi connectivity index (χ0n) is 16.6. The topological polar surface area (TPSA) is 81.1 Å². The van der Waals surface area contributed by atoms with Crippen molar-refractivity contribution in [1.82, 2.24) is 9.88 Å². The standard InChI is InChI=1S/C17H26N2O3S.C2HF3O2/c1-2-15-17(14(1)11-21-12-16-18-4-8-23-16)22-7-5-19(15)9-13-3-6-20-10-13;3-2(4,5)1(6)7/h4,8,13-15,17H,1-3,5-7,9-12H2;(H,6,7). The van der Waals surface area contributed by atoms with Crippen molar-refractivity contribution in [3.05, 3.63) is 16.6 Å². The SMILES string of the molecule is O=C(O)C(F)(F)F.c1csc(COCC2CCC3C2OCCN3CC2CCOC2)n1. The molecule has 0 aromatic carbocycles. The molecular weight excluding hydrogens is 425 g/mol. The number of nitrogens with zero attached hydrogens (tertiary/aromatic N) is 2. The minimum atomic E-state index is -5.08. The van der Waals surface area contributed by atoms with E-state index in [1.165, 1.54) is 25.8 Å². The second kappa shape index (κ2) is 10.9. The van der Waals surface area contributed by atoms with Crippen molar-refractivity contribution in [3.8, 4) is 0 Å². The van der Waals surface area contributed by atoms with Crippen LogP contribution in [-0.2, 0) is 25.6 Å². The predicted molar refractivity (Wildman–Crippen MR) is 102 cm³/mol. The van der Waals surface area contributed by atoms with Gasteiger partial charge in [-0.2, -0.15) is 13.2 Å². The molecule has 0 bridgehead atoms. The molecule has 1 N–H and O–H groups in total. The lowest BCUT2D eigenvalue weighted by Crippen LogP contribution is -2.52. The summed E-state index contributed by atoms with van der Waals surface area (Å²) in [7, 11) is 0. The maximum Gasteiger partial charge on any atom is 0.490 e. The van der Waals surface area contributed by atoms with Gasteiger partial charge in [0.2, 0.25) is 0 Å². The number of carboxylic acids is 1. The molecule has 1 aromatic rings. The van der Waals surface area contributed by atoms with Crippen molar-refractivity contribution in [2.24, 2.45) is 11.8 Å². The van der Waals surface area contributed by atoms with Crippen LogP contribution in [-0.4, -0.2) is 78.8 Å². The number of thiazole rings is 1. The second-order valence-corrected chi connectivity index (χ2v) is 8.69. The molecule has 11 heteroatoms. The van der Waals surface area contributed by atoms with Crippen LogP contribution in [0.1, 0.15) is 24.3 Å². The molecule has 2 aliphatic heterocycles. The summed E-state index contributed by atoms with van der Waals surface area (Å²) < 4.78 is 49.3. The number of aromatic nitrogens is 1. The number of hydrogen-bond donors (Lipinski definition) is 1. The van der Waals surface area contributed by atoms with Gasteiger partial charge in [0.1, 0.15) is 5.01 Å². The minimum Gasteiger partial charge on any atom is -0.475 e. The molecule has 0 spiro atoms. The third-order valence-corrected chi connectivity index (χ3v) is 6.39. The Morgan fingerprint density at radius 3 is 2.77 bits per heavy atom.